The van der Waals surface area contributed by atoms with E-state index in [1.807, 2.05) is 18.1 Å². The Labute approximate surface area is 193 Å². The summed E-state index contributed by atoms with van der Waals surface area (Å²) in [6.45, 7) is 4.40. The lowest BCUT2D eigenvalue weighted by atomic mass is 9.86. The minimum atomic E-state index is -0.129. The fraction of sp³-hybridized carbons (Fsp3) is 0.609. The van der Waals surface area contributed by atoms with Crippen LogP contribution in [0.4, 0.5) is 10.6 Å². The van der Waals surface area contributed by atoms with E-state index in [2.05, 4.69) is 26.0 Å². The van der Waals surface area contributed by atoms with Crippen LogP contribution >= 0.6 is 0 Å². The van der Waals surface area contributed by atoms with Crippen molar-refractivity contribution in [2.75, 3.05) is 51.3 Å². The first-order chi connectivity index (χ1) is 16.0. The molecule has 10 heteroatoms. The summed E-state index contributed by atoms with van der Waals surface area (Å²) in [6, 6.07) is 2.30. The SMILES string of the molecule is COCCN1CC2(CCN(c3cnc(C#N)c(-c4cnn(C)c4)n3)CC2)N(CC2CC2)C1=O. The van der Waals surface area contributed by atoms with E-state index >= 15 is 0 Å². The van der Waals surface area contributed by atoms with E-state index in [0.29, 0.717) is 30.5 Å². The van der Waals surface area contributed by atoms with Crippen LogP contribution in [0.2, 0.25) is 0 Å². The highest BCUT2D eigenvalue weighted by Crippen LogP contribution is 2.41. The summed E-state index contributed by atoms with van der Waals surface area (Å²) >= 11 is 0. The summed E-state index contributed by atoms with van der Waals surface area (Å²) in [5, 5.41) is 13.7. The van der Waals surface area contributed by atoms with E-state index in [0.717, 1.165) is 50.4 Å². The zero-order chi connectivity index (χ0) is 23.0. The molecular formula is C23H30N8O2. The normalized spacial score (nSPS) is 20.0. The third kappa shape index (κ3) is 4.13. The lowest BCUT2D eigenvalue weighted by molar-refractivity contribution is 0.127. The highest BCUT2D eigenvalue weighted by atomic mass is 16.5. The van der Waals surface area contributed by atoms with Gasteiger partial charge in [-0.1, -0.05) is 0 Å². The molecule has 0 atom stereocenters. The first-order valence-electron chi connectivity index (χ1n) is 11.6. The number of carbonyl (C=O) groups excluding carboxylic acids is 1. The van der Waals surface area contributed by atoms with Gasteiger partial charge in [-0.15, -0.1) is 0 Å². The first kappa shape index (κ1) is 21.6. The molecule has 0 aromatic carbocycles. The van der Waals surface area contributed by atoms with Crippen LogP contribution in [-0.2, 0) is 11.8 Å². The molecule has 3 fully saturated rings. The molecular weight excluding hydrogens is 420 g/mol. The first-order valence-corrected chi connectivity index (χ1v) is 11.6. The Kier molecular flexibility index (Phi) is 5.66. The van der Waals surface area contributed by atoms with E-state index in [-0.39, 0.29) is 11.6 Å². The Balaban J connectivity index is 1.34. The fourth-order valence-electron chi connectivity index (χ4n) is 5.03. The highest BCUT2D eigenvalue weighted by molar-refractivity contribution is 5.78. The largest absolute Gasteiger partial charge is 0.383 e. The second kappa shape index (κ2) is 8.63. The van der Waals surface area contributed by atoms with Gasteiger partial charge in [-0.2, -0.15) is 10.4 Å². The average Bonchev–Trinajstić information content (AvgIpc) is 3.51. The molecule has 4 heterocycles. The maximum Gasteiger partial charge on any atom is 0.320 e. The molecule has 2 saturated heterocycles. The van der Waals surface area contributed by atoms with Gasteiger partial charge >= 0.3 is 6.03 Å². The maximum absolute atomic E-state index is 13.2. The van der Waals surface area contributed by atoms with Crippen molar-refractivity contribution in [2.24, 2.45) is 13.0 Å². The average molecular weight is 451 g/mol. The summed E-state index contributed by atoms with van der Waals surface area (Å²) in [7, 11) is 3.51. The van der Waals surface area contributed by atoms with Crippen LogP contribution in [0.15, 0.2) is 18.6 Å². The molecule has 2 amide bonds. The molecule has 1 spiro atoms. The van der Waals surface area contributed by atoms with Gasteiger partial charge in [0.2, 0.25) is 0 Å². The number of hydrogen-bond acceptors (Lipinski definition) is 7. The van der Waals surface area contributed by atoms with Crippen LogP contribution in [0.1, 0.15) is 31.4 Å². The second-order valence-corrected chi connectivity index (χ2v) is 9.40. The molecule has 5 rings (SSSR count). The van der Waals surface area contributed by atoms with Gasteiger partial charge in [0.15, 0.2) is 5.69 Å². The number of nitriles is 1. The van der Waals surface area contributed by atoms with Crippen molar-refractivity contribution in [2.45, 2.75) is 31.2 Å². The van der Waals surface area contributed by atoms with Crippen molar-refractivity contribution < 1.29 is 9.53 Å². The summed E-state index contributed by atoms with van der Waals surface area (Å²) in [6.07, 6.45) is 9.45. The van der Waals surface area contributed by atoms with E-state index in [4.69, 9.17) is 9.72 Å². The van der Waals surface area contributed by atoms with Gasteiger partial charge in [-0.3, -0.25) is 4.68 Å². The molecule has 1 aliphatic carbocycles. The lowest BCUT2D eigenvalue weighted by Gasteiger charge is -2.44. The van der Waals surface area contributed by atoms with Crippen LogP contribution in [0.5, 0.6) is 0 Å². The molecule has 1 saturated carbocycles. The number of amides is 2. The monoisotopic (exact) mass is 450 g/mol. The van der Waals surface area contributed by atoms with Crippen LogP contribution in [-0.4, -0.2) is 87.6 Å². The zero-order valence-corrected chi connectivity index (χ0v) is 19.3. The Morgan fingerprint density at radius 1 is 1.27 bits per heavy atom. The zero-order valence-electron chi connectivity index (χ0n) is 19.3. The molecule has 0 radical (unpaired) electrons. The lowest BCUT2D eigenvalue weighted by Crippen LogP contribution is -2.55. The number of ether oxygens (including phenoxy) is 1. The van der Waals surface area contributed by atoms with Gasteiger partial charge in [0.1, 0.15) is 17.6 Å². The molecule has 0 bridgehead atoms. The Hall–Kier alpha value is -3.19. The van der Waals surface area contributed by atoms with Crippen molar-refractivity contribution >= 4 is 11.8 Å². The molecule has 2 aromatic heterocycles. The summed E-state index contributed by atoms with van der Waals surface area (Å²) in [5.74, 6) is 1.41. The van der Waals surface area contributed by atoms with Gasteiger partial charge in [-0.05, 0) is 31.6 Å². The predicted molar refractivity (Wildman–Crippen MR) is 121 cm³/mol. The standard InChI is InChI=1S/C23H30N8O2/c1-28-15-18(12-26-28)21-19(11-24)25-13-20(27-21)29-7-5-23(6-8-29)16-30(9-10-33-2)22(32)31(23)14-17-3-4-17/h12-13,15,17H,3-10,14,16H2,1-2H3. The number of aromatic nitrogens is 4. The number of rotatable bonds is 7. The third-order valence-corrected chi connectivity index (χ3v) is 7.12. The van der Waals surface area contributed by atoms with Crippen molar-refractivity contribution in [1.29, 1.82) is 5.26 Å². The van der Waals surface area contributed by atoms with Gasteiger partial charge in [0, 0.05) is 58.6 Å². The van der Waals surface area contributed by atoms with Crippen LogP contribution < -0.4 is 4.90 Å². The minimum Gasteiger partial charge on any atom is -0.383 e. The van der Waals surface area contributed by atoms with Crippen molar-refractivity contribution in [1.82, 2.24) is 29.5 Å². The van der Waals surface area contributed by atoms with E-state index in [1.54, 1.807) is 24.2 Å². The molecule has 174 valence electrons. The summed E-state index contributed by atoms with van der Waals surface area (Å²) in [5.41, 5.74) is 1.50. The van der Waals surface area contributed by atoms with Crippen molar-refractivity contribution in [3.05, 3.63) is 24.3 Å². The summed E-state index contributed by atoms with van der Waals surface area (Å²) in [4.78, 5) is 28.7. The molecule has 0 N–H and O–H groups in total. The molecule has 2 aliphatic heterocycles. The number of hydrogen-bond donors (Lipinski definition) is 0. The Morgan fingerprint density at radius 2 is 2.06 bits per heavy atom. The van der Waals surface area contributed by atoms with E-state index in [9.17, 15) is 10.1 Å². The van der Waals surface area contributed by atoms with Crippen molar-refractivity contribution in [3.63, 3.8) is 0 Å². The second-order valence-electron chi connectivity index (χ2n) is 9.40. The van der Waals surface area contributed by atoms with Crippen molar-refractivity contribution in [3.8, 4) is 17.3 Å². The van der Waals surface area contributed by atoms with Crippen LogP contribution in [0.3, 0.4) is 0 Å². The highest BCUT2D eigenvalue weighted by Gasteiger charge is 2.51. The molecule has 33 heavy (non-hydrogen) atoms. The van der Waals surface area contributed by atoms with Crippen LogP contribution in [0.25, 0.3) is 11.3 Å². The fourth-order valence-corrected chi connectivity index (χ4v) is 5.03. The molecule has 2 aromatic rings. The summed E-state index contributed by atoms with van der Waals surface area (Å²) < 4.78 is 6.93. The van der Waals surface area contributed by atoms with Gasteiger partial charge in [0.05, 0.1) is 24.5 Å². The topological polar surface area (TPSA) is 103 Å². The maximum atomic E-state index is 13.2. The smallest absolute Gasteiger partial charge is 0.320 e. The predicted octanol–water partition coefficient (Wildman–Crippen LogP) is 1.88. The number of piperidine rings is 1. The number of urea groups is 1. The number of carbonyl (C=O) groups is 1. The third-order valence-electron chi connectivity index (χ3n) is 7.12. The number of methoxy groups -OCH3 is 1. The molecule has 0 unspecified atom stereocenters. The van der Waals surface area contributed by atoms with Crippen LogP contribution in [0, 0.1) is 17.2 Å². The molecule has 10 nitrogen and oxygen atoms in total. The number of nitrogens with zero attached hydrogens (tertiary/aromatic N) is 8. The number of aryl methyl sites for hydroxylation is 1. The van der Waals surface area contributed by atoms with Gasteiger partial charge in [-0.25, -0.2) is 14.8 Å². The van der Waals surface area contributed by atoms with Gasteiger partial charge < -0.3 is 19.4 Å². The molecule has 3 aliphatic rings. The van der Waals surface area contributed by atoms with Gasteiger partial charge in [0.25, 0.3) is 0 Å². The Morgan fingerprint density at radius 3 is 2.70 bits per heavy atom. The minimum absolute atomic E-state index is 0.129. The number of anilines is 1. The quantitative estimate of drug-likeness (QED) is 0.634. The van der Waals surface area contributed by atoms with E-state index < -0.39 is 0 Å². The van der Waals surface area contributed by atoms with E-state index in [1.165, 1.54) is 12.8 Å². The Bertz CT molecular complexity index is 1060.